The molecule has 0 saturated carbocycles. The van der Waals surface area contributed by atoms with Crippen molar-refractivity contribution >= 4 is 30.6 Å². The third kappa shape index (κ3) is 1.91. The van der Waals surface area contributed by atoms with Gasteiger partial charge in [-0.3, -0.25) is 0 Å². The summed E-state index contributed by atoms with van der Waals surface area (Å²) in [5.41, 5.74) is 0. The van der Waals surface area contributed by atoms with Crippen LogP contribution >= 0.6 is 10.5 Å². The van der Waals surface area contributed by atoms with E-state index in [4.69, 9.17) is 0 Å². The van der Waals surface area contributed by atoms with E-state index in [2.05, 4.69) is 0 Å². The molecule has 0 bridgehead atoms. The quantitative estimate of drug-likeness (QED) is 0.370. The van der Waals surface area contributed by atoms with Crippen LogP contribution in [0.2, 0.25) is 0 Å². The van der Waals surface area contributed by atoms with E-state index >= 15 is 0 Å². The van der Waals surface area contributed by atoms with Crippen molar-refractivity contribution < 1.29 is 13.2 Å². The van der Waals surface area contributed by atoms with E-state index < -0.39 is 22.1 Å². The van der Waals surface area contributed by atoms with E-state index in [0.717, 1.165) is 26.2 Å². The van der Waals surface area contributed by atoms with Gasteiger partial charge in [0, 0.05) is 34.1 Å². The molecule has 4 aromatic rings. The maximum atomic E-state index is 14.3. The minimum Gasteiger partial charge on any atom is -0.207 e. The molecule has 108 valence electrons. The topological polar surface area (TPSA) is 0 Å². The Kier molecular flexibility index (Phi) is 2.94. The van der Waals surface area contributed by atoms with Crippen molar-refractivity contribution in [3.8, 4) is 4.90 Å². The zero-order valence-electron chi connectivity index (χ0n) is 11.3. The van der Waals surface area contributed by atoms with Gasteiger partial charge in [0.25, 0.3) is 0 Å². The minimum atomic E-state index is -0.677. The fourth-order valence-electron chi connectivity index (χ4n) is 2.75. The molecule has 0 aliphatic carbocycles. The van der Waals surface area contributed by atoms with Crippen LogP contribution in [0.4, 0.5) is 13.2 Å². The Morgan fingerprint density at radius 1 is 0.636 bits per heavy atom. The van der Waals surface area contributed by atoms with Crippen molar-refractivity contribution in [2.45, 2.75) is 0 Å². The van der Waals surface area contributed by atoms with Crippen LogP contribution in [0, 0.1) is 17.5 Å². The Morgan fingerprint density at radius 3 is 2.14 bits per heavy atom. The maximum Gasteiger partial charge on any atom is 0.215 e. The van der Waals surface area contributed by atoms with Crippen molar-refractivity contribution in [2.24, 2.45) is 0 Å². The lowest BCUT2D eigenvalue weighted by Gasteiger charge is -1.96. The van der Waals surface area contributed by atoms with Crippen LogP contribution < -0.4 is 0 Å². The van der Waals surface area contributed by atoms with Gasteiger partial charge in [0.05, 0.1) is 5.39 Å². The number of thiophene rings is 1. The number of fused-ring (bicyclic) bond motifs is 3. The van der Waals surface area contributed by atoms with E-state index in [1.54, 1.807) is 6.07 Å². The van der Waals surface area contributed by atoms with E-state index in [1.165, 1.54) is 24.3 Å². The molecule has 0 aliphatic rings. The molecule has 4 rings (SSSR count). The summed E-state index contributed by atoms with van der Waals surface area (Å²) in [5.74, 6) is -1.49. The Bertz CT molecular complexity index is 1020. The van der Waals surface area contributed by atoms with Gasteiger partial charge in [-0.05, 0) is 30.3 Å². The molecular formula is C18H10F3S+. The molecule has 1 unspecified atom stereocenters. The second-order valence-corrected chi connectivity index (χ2v) is 6.95. The molecule has 0 nitrogen and oxygen atoms in total. The number of rotatable bonds is 1. The molecule has 3 aromatic carbocycles. The molecule has 1 atom stereocenters. The zero-order chi connectivity index (χ0) is 15.3. The second kappa shape index (κ2) is 4.85. The van der Waals surface area contributed by atoms with Gasteiger partial charge in [-0.2, -0.15) is 0 Å². The highest BCUT2D eigenvalue weighted by molar-refractivity contribution is 7.50. The summed E-state index contributed by atoms with van der Waals surface area (Å²) < 4.78 is 42.9. The highest BCUT2D eigenvalue weighted by Crippen LogP contribution is 2.49. The molecule has 0 aliphatic heterocycles. The van der Waals surface area contributed by atoms with Gasteiger partial charge in [-0.1, -0.05) is 12.1 Å². The van der Waals surface area contributed by atoms with Crippen molar-refractivity contribution in [3.63, 3.8) is 0 Å². The van der Waals surface area contributed by atoms with Gasteiger partial charge in [0.2, 0.25) is 4.90 Å². The smallest absolute Gasteiger partial charge is 0.207 e. The summed E-state index contributed by atoms with van der Waals surface area (Å²) >= 11 is 0. The fraction of sp³-hybridized carbons (Fsp3) is 0. The van der Waals surface area contributed by atoms with E-state index in [9.17, 15) is 13.2 Å². The Hall–Kier alpha value is -2.33. The van der Waals surface area contributed by atoms with Gasteiger partial charge in [-0.15, -0.1) is 0 Å². The normalized spacial score (nSPS) is 12.2. The van der Waals surface area contributed by atoms with Crippen molar-refractivity contribution in [3.05, 3.63) is 78.1 Å². The highest BCUT2D eigenvalue weighted by Gasteiger charge is 2.26. The molecule has 1 heterocycles. The first-order chi connectivity index (χ1) is 10.6. The van der Waals surface area contributed by atoms with Gasteiger partial charge < -0.3 is 0 Å². The largest absolute Gasteiger partial charge is 0.215 e. The molecule has 0 fully saturated rings. The fourth-order valence-corrected chi connectivity index (χ4v) is 5.13. The summed E-state index contributed by atoms with van der Waals surface area (Å²) in [4.78, 5) is 0.430. The number of hydrogen-bond donors (Lipinski definition) is 0. The van der Waals surface area contributed by atoms with Crippen LogP contribution in [0.3, 0.4) is 0 Å². The first-order valence-electron chi connectivity index (χ1n) is 6.73. The summed E-state index contributed by atoms with van der Waals surface area (Å²) in [5, 5.41) is 1.69. The van der Waals surface area contributed by atoms with E-state index in [0.29, 0.717) is 4.90 Å². The van der Waals surface area contributed by atoms with Crippen LogP contribution in [0.15, 0.2) is 60.7 Å². The maximum absolute atomic E-state index is 14.3. The first-order valence-corrected chi connectivity index (χ1v) is 7.96. The number of benzene rings is 3. The third-order valence-corrected chi connectivity index (χ3v) is 6.04. The van der Waals surface area contributed by atoms with Gasteiger partial charge >= 0.3 is 0 Å². The summed E-state index contributed by atoms with van der Waals surface area (Å²) in [6.45, 7) is 0. The van der Waals surface area contributed by atoms with Gasteiger partial charge in [0.1, 0.15) is 11.6 Å². The van der Waals surface area contributed by atoms with E-state index in [-0.39, 0.29) is 5.82 Å². The van der Waals surface area contributed by atoms with Crippen LogP contribution in [0.5, 0.6) is 0 Å². The second-order valence-electron chi connectivity index (χ2n) is 5.02. The molecular weight excluding hydrogens is 305 g/mol. The standard InChI is InChI=1S/C18H10F3S/c19-11-5-7-17-14(9-11)13-3-1-2-4-16(13)22(17)18-8-6-12(20)10-15(18)21/h1-10H/q+1. The summed E-state index contributed by atoms with van der Waals surface area (Å²) in [6.07, 6.45) is 0. The predicted molar refractivity (Wildman–Crippen MR) is 85.1 cm³/mol. The summed E-state index contributed by atoms with van der Waals surface area (Å²) in [7, 11) is -0.677. The Morgan fingerprint density at radius 2 is 1.32 bits per heavy atom. The first kappa shape index (κ1) is 13.3. The lowest BCUT2D eigenvalue weighted by molar-refractivity contribution is 0.587. The molecule has 0 N–H and O–H groups in total. The molecule has 0 radical (unpaired) electrons. The average Bonchev–Trinajstić information content (AvgIpc) is 2.82. The SMILES string of the molecule is Fc1ccc(-[s+]2c3ccccc3c3cc(F)ccc32)c(F)c1. The van der Waals surface area contributed by atoms with E-state index in [1.807, 2.05) is 24.3 Å². The van der Waals surface area contributed by atoms with Gasteiger partial charge in [0.15, 0.2) is 15.2 Å². The van der Waals surface area contributed by atoms with Gasteiger partial charge in [-0.25, -0.2) is 13.2 Å². The molecule has 0 spiro atoms. The monoisotopic (exact) mass is 315 g/mol. The molecule has 1 aromatic heterocycles. The van der Waals surface area contributed by atoms with Crippen molar-refractivity contribution in [1.82, 2.24) is 0 Å². The minimum absolute atomic E-state index is 0.321. The number of halogens is 3. The predicted octanol–water partition coefficient (Wildman–Crippen LogP) is 6.15. The van der Waals surface area contributed by atoms with Crippen molar-refractivity contribution in [1.29, 1.82) is 0 Å². The lowest BCUT2D eigenvalue weighted by atomic mass is 10.1. The lowest BCUT2D eigenvalue weighted by Crippen LogP contribution is -1.82. The van der Waals surface area contributed by atoms with Crippen molar-refractivity contribution in [2.75, 3.05) is 0 Å². The van der Waals surface area contributed by atoms with Crippen LogP contribution in [0.25, 0.3) is 25.1 Å². The summed E-state index contributed by atoms with van der Waals surface area (Å²) in [6, 6.07) is 15.8. The molecule has 0 saturated heterocycles. The third-order valence-electron chi connectivity index (χ3n) is 3.67. The number of hydrogen-bond acceptors (Lipinski definition) is 0. The van der Waals surface area contributed by atoms with Crippen LogP contribution in [-0.4, -0.2) is 0 Å². The van der Waals surface area contributed by atoms with Crippen LogP contribution in [-0.2, 0) is 0 Å². The average molecular weight is 315 g/mol. The molecule has 0 amide bonds. The molecule has 4 heteroatoms. The zero-order valence-corrected chi connectivity index (χ0v) is 12.1. The highest BCUT2D eigenvalue weighted by atomic mass is 32.2. The molecule has 22 heavy (non-hydrogen) atoms. The van der Waals surface area contributed by atoms with Crippen LogP contribution in [0.1, 0.15) is 0 Å². The Labute approximate surface area is 127 Å². The Balaban J connectivity index is 2.19.